The lowest BCUT2D eigenvalue weighted by molar-refractivity contribution is 0.563. The van der Waals surface area contributed by atoms with E-state index in [0.29, 0.717) is 16.6 Å². The van der Waals surface area contributed by atoms with Gasteiger partial charge in [0.25, 0.3) is 5.54 Å². The standard InChI is InChI=1S/C13H11ClN2O/c1-13(2,15-3)11-8-17-12(16-11)9-4-6-10(14)7-5-9/h4-8H,1-2H3. The minimum atomic E-state index is -0.659. The molecule has 2 rings (SSSR count). The second-order valence-corrected chi connectivity index (χ2v) is 4.65. The molecule has 0 spiro atoms. The van der Waals surface area contributed by atoms with Crippen LogP contribution in [0, 0.1) is 6.57 Å². The first-order valence-electron chi connectivity index (χ1n) is 5.13. The van der Waals surface area contributed by atoms with Crippen LogP contribution in [0.5, 0.6) is 0 Å². The van der Waals surface area contributed by atoms with Gasteiger partial charge in [-0.1, -0.05) is 11.6 Å². The molecule has 1 aromatic heterocycles. The predicted molar refractivity (Wildman–Crippen MR) is 66.6 cm³/mol. The van der Waals surface area contributed by atoms with E-state index in [2.05, 4.69) is 9.83 Å². The first-order valence-corrected chi connectivity index (χ1v) is 5.51. The summed E-state index contributed by atoms with van der Waals surface area (Å²) in [6.45, 7) is 10.7. The van der Waals surface area contributed by atoms with Crippen LogP contribution in [0.1, 0.15) is 19.5 Å². The molecule has 0 saturated heterocycles. The highest BCUT2D eigenvalue weighted by molar-refractivity contribution is 6.30. The van der Waals surface area contributed by atoms with E-state index in [1.54, 1.807) is 12.1 Å². The normalized spacial score (nSPS) is 11.2. The van der Waals surface area contributed by atoms with Gasteiger partial charge in [-0.05, 0) is 24.3 Å². The molecule has 0 amide bonds. The molecular weight excluding hydrogens is 236 g/mol. The summed E-state index contributed by atoms with van der Waals surface area (Å²) >= 11 is 5.81. The number of hydrogen-bond acceptors (Lipinski definition) is 2. The van der Waals surface area contributed by atoms with Crippen molar-refractivity contribution in [3.63, 3.8) is 0 Å². The van der Waals surface area contributed by atoms with Gasteiger partial charge in [0.2, 0.25) is 5.89 Å². The van der Waals surface area contributed by atoms with E-state index in [4.69, 9.17) is 22.6 Å². The molecule has 0 bridgehead atoms. The van der Waals surface area contributed by atoms with Crippen molar-refractivity contribution in [1.82, 2.24) is 4.98 Å². The minimum Gasteiger partial charge on any atom is -0.444 e. The van der Waals surface area contributed by atoms with E-state index in [9.17, 15) is 0 Å². The second kappa shape index (κ2) is 4.23. The summed E-state index contributed by atoms with van der Waals surface area (Å²) in [7, 11) is 0. The van der Waals surface area contributed by atoms with Crippen molar-refractivity contribution in [3.05, 3.63) is 52.7 Å². The third-order valence-corrected chi connectivity index (χ3v) is 2.75. The highest BCUT2D eigenvalue weighted by atomic mass is 35.5. The van der Waals surface area contributed by atoms with Gasteiger partial charge in [-0.2, -0.15) is 0 Å². The monoisotopic (exact) mass is 246 g/mol. The SMILES string of the molecule is [C-]#[N+]C(C)(C)c1coc(-c2ccc(Cl)cc2)n1. The van der Waals surface area contributed by atoms with Gasteiger partial charge in [0.05, 0.1) is 0 Å². The third-order valence-electron chi connectivity index (χ3n) is 2.50. The molecule has 4 heteroatoms. The van der Waals surface area contributed by atoms with Gasteiger partial charge in [-0.25, -0.2) is 11.6 Å². The van der Waals surface area contributed by atoms with Crippen molar-refractivity contribution in [3.8, 4) is 11.5 Å². The Labute approximate surface area is 105 Å². The van der Waals surface area contributed by atoms with Crippen molar-refractivity contribution in [2.45, 2.75) is 19.4 Å². The summed E-state index contributed by atoms with van der Waals surface area (Å²) in [5, 5.41) is 0.669. The van der Waals surface area contributed by atoms with Crippen LogP contribution in [0.15, 0.2) is 34.9 Å². The maximum atomic E-state index is 7.11. The average molecular weight is 247 g/mol. The van der Waals surface area contributed by atoms with Crippen molar-refractivity contribution in [1.29, 1.82) is 0 Å². The Morgan fingerprint density at radius 3 is 2.53 bits per heavy atom. The molecule has 0 atom stereocenters. The predicted octanol–water partition coefficient (Wildman–Crippen LogP) is 4.15. The second-order valence-electron chi connectivity index (χ2n) is 4.22. The van der Waals surface area contributed by atoms with Crippen molar-refractivity contribution >= 4 is 11.6 Å². The molecule has 1 aromatic carbocycles. The molecule has 0 fully saturated rings. The molecule has 0 saturated carbocycles. The zero-order chi connectivity index (χ0) is 12.5. The quantitative estimate of drug-likeness (QED) is 0.746. The number of hydrogen-bond donors (Lipinski definition) is 0. The summed E-state index contributed by atoms with van der Waals surface area (Å²) < 4.78 is 5.38. The van der Waals surface area contributed by atoms with E-state index >= 15 is 0 Å². The smallest absolute Gasteiger partial charge is 0.271 e. The highest BCUT2D eigenvalue weighted by Crippen LogP contribution is 2.27. The molecule has 3 nitrogen and oxygen atoms in total. The minimum absolute atomic E-state index is 0.508. The molecule has 0 aliphatic rings. The van der Waals surface area contributed by atoms with Gasteiger partial charge >= 0.3 is 0 Å². The largest absolute Gasteiger partial charge is 0.444 e. The Balaban J connectivity index is 2.37. The highest BCUT2D eigenvalue weighted by Gasteiger charge is 2.30. The lowest BCUT2D eigenvalue weighted by Gasteiger charge is -2.04. The average Bonchev–Trinajstić information content (AvgIpc) is 2.80. The summed E-state index contributed by atoms with van der Waals surface area (Å²) in [5.74, 6) is 0.508. The number of nitrogens with zero attached hydrogens (tertiary/aromatic N) is 2. The number of aromatic nitrogens is 1. The van der Waals surface area contributed by atoms with Crippen LogP contribution in [0.4, 0.5) is 0 Å². The first-order chi connectivity index (χ1) is 8.03. The van der Waals surface area contributed by atoms with Gasteiger partial charge in [0, 0.05) is 24.4 Å². The summed E-state index contributed by atoms with van der Waals surface area (Å²) in [6.07, 6.45) is 1.53. The Kier molecular flexibility index (Phi) is 2.91. The Morgan fingerprint density at radius 1 is 1.29 bits per heavy atom. The molecule has 1 heterocycles. The molecule has 17 heavy (non-hydrogen) atoms. The summed E-state index contributed by atoms with van der Waals surface area (Å²) in [6, 6.07) is 7.23. The van der Waals surface area contributed by atoms with Gasteiger partial charge in [0.1, 0.15) is 6.26 Å². The fourth-order valence-electron chi connectivity index (χ4n) is 1.34. The molecule has 0 aliphatic carbocycles. The lowest BCUT2D eigenvalue weighted by atomic mass is 10.0. The van der Waals surface area contributed by atoms with Gasteiger partial charge in [-0.15, -0.1) is 0 Å². The van der Waals surface area contributed by atoms with E-state index in [1.165, 1.54) is 6.26 Å². The maximum Gasteiger partial charge on any atom is 0.271 e. The number of oxazole rings is 1. The summed E-state index contributed by atoms with van der Waals surface area (Å²) in [5.41, 5.74) is 0.827. The molecule has 0 radical (unpaired) electrons. The van der Waals surface area contributed by atoms with Crippen LogP contribution in [-0.2, 0) is 5.54 Å². The number of rotatable bonds is 2. The van der Waals surface area contributed by atoms with Crippen LogP contribution in [0.3, 0.4) is 0 Å². The van der Waals surface area contributed by atoms with E-state index in [0.717, 1.165) is 5.56 Å². The molecule has 86 valence electrons. The van der Waals surface area contributed by atoms with E-state index in [1.807, 2.05) is 26.0 Å². The van der Waals surface area contributed by atoms with Crippen LogP contribution in [-0.4, -0.2) is 4.98 Å². The maximum absolute atomic E-state index is 7.11. The molecule has 2 aromatic rings. The van der Waals surface area contributed by atoms with E-state index in [-0.39, 0.29) is 0 Å². The lowest BCUT2D eigenvalue weighted by Crippen LogP contribution is -2.11. The third kappa shape index (κ3) is 2.32. The van der Waals surface area contributed by atoms with Crippen LogP contribution >= 0.6 is 11.6 Å². The fourth-order valence-corrected chi connectivity index (χ4v) is 1.46. The number of halogens is 1. The van der Waals surface area contributed by atoms with Crippen LogP contribution in [0.25, 0.3) is 16.3 Å². The van der Waals surface area contributed by atoms with Gasteiger partial charge in [-0.3, -0.25) is 0 Å². The topological polar surface area (TPSA) is 30.4 Å². The van der Waals surface area contributed by atoms with Crippen molar-refractivity contribution in [2.75, 3.05) is 0 Å². The van der Waals surface area contributed by atoms with E-state index < -0.39 is 5.54 Å². The molecule has 0 unspecified atom stereocenters. The Hall–Kier alpha value is -1.79. The first kappa shape index (κ1) is 11.7. The molecule has 0 N–H and O–H groups in total. The summed E-state index contributed by atoms with van der Waals surface area (Å²) in [4.78, 5) is 7.85. The molecular formula is C13H11ClN2O. The molecule has 0 aliphatic heterocycles. The van der Waals surface area contributed by atoms with Crippen LogP contribution in [0.2, 0.25) is 5.02 Å². The van der Waals surface area contributed by atoms with Crippen LogP contribution < -0.4 is 0 Å². The zero-order valence-corrected chi connectivity index (χ0v) is 10.3. The Morgan fingerprint density at radius 2 is 1.94 bits per heavy atom. The number of benzene rings is 1. The van der Waals surface area contributed by atoms with Crippen molar-refractivity contribution < 1.29 is 4.42 Å². The zero-order valence-electron chi connectivity index (χ0n) is 9.57. The Bertz CT molecular complexity index is 564. The fraction of sp³-hybridized carbons (Fsp3) is 0.231. The van der Waals surface area contributed by atoms with Gasteiger partial charge < -0.3 is 9.26 Å². The van der Waals surface area contributed by atoms with Gasteiger partial charge in [0.15, 0.2) is 5.69 Å². The van der Waals surface area contributed by atoms with Crippen molar-refractivity contribution in [2.24, 2.45) is 0 Å².